The number of benzene rings is 2. The number of hydrogen-bond acceptors (Lipinski definition) is 3. The van der Waals surface area contributed by atoms with Crippen LogP contribution in [0.25, 0.3) is 0 Å². The Hall–Kier alpha value is -2.86. The molecular formula is C22H26N4OS. The molecule has 0 aliphatic heterocycles. The molecule has 3 rings (SSSR count). The molecule has 28 heavy (non-hydrogen) atoms. The van der Waals surface area contributed by atoms with Crippen molar-refractivity contribution in [2.45, 2.75) is 34.2 Å². The Bertz CT molecular complexity index is 993. The molecule has 0 aliphatic rings. The van der Waals surface area contributed by atoms with Gasteiger partial charge in [0.15, 0.2) is 5.11 Å². The molecule has 2 N–H and O–H groups in total. The summed E-state index contributed by atoms with van der Waals surface area (Å²) in [5.74, 6) is 0.748. The van der Waals surface area contributed by atoms with Gasteiger partial charge in [0, 0.05) is 0 Å². The number of methoxy groups -OCH3 is 1. The summed E-state index contributed by atoms with van der Waals surface area (Å²) in [5.41, 5.74) is 7.31. The van der Waals surface area contributed by atoms with E-state index in [4.69, 9.17) is 17.0 Å². The Balaban J connectivity index is 1.75. The van der Waals surface area contributed by atoms with E-state index < -0.39 is 0 Å². The van der Waals surface area contributed by atoms with Gasteiger partial charge in [-0.05, 0) is 63.2 Å². The van der Waals surface area contributed by atoms with Gasteiger partial charge in [-0.25, -0.2) is 0 Å². The first-order chi connectivity index (χ1) is 13.4. The summed E-state index contributed by atoms with van der Waals surface area (Å²) in [7, 11) is 1.65. The van der Waals surface area contributed by atoms with Gasteiger partial charge >= 0.3 is 0 Å². The standard InChI is InChI=1S/C22H26N4OS/c1-14-6-9-18(10-7-14)13-26-17(4)21(16(3)25-26)24-22(28)23-19-12-15(2)8-11-20(19)27-5/h6-12H,13H2,1-5H3,(H2,23,24,28). The lowest BCUT2D eigenvalue weighted by Gasteiger charge is -2.14. The summed E-state index contributed by atoms with van der Waals surface area (Å²) in [6.45, 7) is 8.88. The molecule has 0 amide bonds. The van der Waals surface area contributed by atoms with Crippen molar-refractivity contribution >= 4 is 28.7 Å². The van der Waals surface area contributed by atoms with E-state index in [2.05, 4.69) is 46.9 Å². The predicted molar refractivity (Wildman–Crippen MR) is 120 cm³/mol. The molecule has 0 saturated carbocycles. The normalized spacial score (nSPS) is 10.6. The van der Waals surface area contributed by atoms with Gasteiger partial charge in [0.1, 0.15) is 5.75 Å². The lowest BCUT2D eigenvalue weighted by Crippen LogP contribution is -2.20. The summed E-state index contributed by atoms with van der Waals surface area (Å²) in [6, 6.07) is 14.4. The molecule has 6 heteroatoms. The fourth-order valence-corrected chi connectivity index (χ4v) is 3.30. The number of rotatable bonds is 5. The molecule has 5 nitrogen and oxygen atoms in total. The third-order valence-electron chi connectivity index (χ3n) is 4.68. The number of nitrogens with one attached hydrogen (secondary N) is 2. The summed E-state index contributed by atoms with van der Waals surface area (Å²) in [6.07, 6.45) is 0. The zero-order chi connectivity index (χ0) is 20.3. The van der Waals surface area contributed by atoms with Gasteiger partial charge in [0.05, 0.1) is 36.4 Å². The quantitative estimate of drug-likeness (QED) is 0.598. The molecule has 146 valence electrons. The monoisotopic (exact) mass is 394 g/mol. The highest BCUT2D eigenvalue weighted by Gasteiger charge is 2.14. The van der Waals surface area contributed by atoms with E-state index in [1.165, 1.54) is 11.1 Å². The molecule has 0 radical (unpaired) electrons. The zero-order valence-electron chi connectivity index (χ0n) is 17.0. The van der Waals surface area contributed by atoms with Crippen LogP contribution in [-0.2, 0) is 6.54 Å². The number of anilines is 2. The molecule has 2 aromatic carbocycles. The Morgan fingerprint density at radius 1 is 1.00 bits per heavy atom. The minimum Gasteiger partial charge on any atom is -0.495 e. The molecule has 0 fully saturated rings. The second-order valence-corrected chi connectivity index (χ2v) is 7.38. The Kier molecular flexibility index (Phi) is 5.99. The van der Waals surface area contributed by atoms with Crippen LogP contribution in [0, 0.1) is 27.7 Å². The molecule has 0 saturated heterocycles. The summed E-state index contributed by atoms with van der Waals surface area (Å²) in [4.78, 5) is 0. The second-order valence-electron chi connectivity index (χ2n) is 6.97. The van der Waals surface area contributed by atoms with Crippen molar-refractivity contribution < 1.29 is 4.74 Å². The van der Waals surface area contributed by atoms with Gasteiger partial charge in [-0.1, -0.05) is 35.9 Å². The molecule has 3 aromatic rings. The van der Waals surface area contributed by atoms with Crippen molar-refractivity contribution in [1.29, 1.82) is 0 Å². The van der Waals surface area contributed by atoms with Crippen molar-refractivity contribution in [2.24, 2.45) is 0 Å². The molecule has 0 atom stereocenters. The minimum absolute atomic E-state index is 0.505. The van der Waals surface area contributed by atoms with E-state index >= 15 is 0 Å². The molecule has 0 aliphatic carbocycles. The lowest BCUT2D eigenvalue weighted by atomic mass is 10.1. The first kappa shape index (κ1) is 19.9. The predicted octanol–water partition coefficient (Wildman–Crippen LogP) is 4.98. The SMILES string of the molecule is COc1ccc(C)cc1NC(=S)Nc1c(C)nn(Cc2ccc(C)cc2)c1C. The Morgan fingerprint density at radius 2 is 1.68 bits per heavy atom. The van der Waals surface area contributed by atoms with Crippen molar-refractivity contribution in [3.63, 3.8) is 0 Å². The third kappa shape index (κ3) is 4.51. The van der Waals surface area contributed by atoms with E-state index in [0.717, 1.165) is 40.6 Å². The topological polar surface area (TPSA) is 51.1 Å². The third-order valence-corrected chi connectivity index (χ3v) is 4.88. The van der Waals surface area contributed by atoms with E-state index in [-0.39, 0.29) is 0 Å². The molecule has 0 bridgehead atoms. The van der Waals surface area contributed by atoms with E-state index in [0.29, 0.717) is 5.11 Å². The van der Waals surface area contributed by atoms with Crippen LogP contribution in [0.1, 0.15) is 28.1 Å². The molecule has 1 aromatic heterocycles. The van der Waals surface area contributed by atoms with Gasteiger partial charge in [-0.15, -0.1) is 0 Å². The Morgan fingerprint density at radius 3 is 2.36 bits per heavy atom. The van der Waals surface area contributed by atoms with Crippen molar-refractivity contribution in [2.75, 3.05) is 17.7 Å². The lowest BCUT2D eigenvalue weighted by molar-refractivity contribution is 0.417. The van der Waals surface area contributed by atoms with Crippen molar-refractivity contribution in [1.82, 2.24) is 9.78 Å². The zero-order valence-corrected chi connectivity index (χ0v) is 17.8. The van der Waals surface area contributed by atoms with Crippen LogP contribution in [0.5, 0.6) is 5.75 Å². The average molecular weight is 395 g/mol. The van der Waals surface area contributed by atoms with Crippen LogP contribution in [0.3, 0.4) is 0 Å². The number of nitrogens with zero attached hydrogens (tertiary/aromatic N) is 2. The number of thiocarbonyl (C=S) groups is 1. The highest BCUT2D eigenvalue weighted by molar-refractivity contribution is 7.80. The fourth-order valence-electron chi connectivity index (χ4n) is 3.08. The fraction of sp³-hybridized carbons (Fsp3) is 0.273. The number of aryl methyl sites for hydroxylation is 3. The molecule has 0 spiro atoms. The van der Waals surface area contributed by atoms with Crippen LogP contribution in [0.2, 0.25) is 0 Å². The van der Waals surface area contributed by atoms with Gasteiger partial charge in [-0.2, -0.15) is 5.10 Å². The van der Waals surface area contributed by atoms with Crippen molar-refractivity contribution in [3.8, 4) is 5.75 Å². The highest BCUT2D eigenvalue weighted by Crippen LogP contribution is 2.26. The van der Waals surface area contributed by atoms with Crippen LogP contribution < -0.4 is 15.4 Å². The first-order valence-electron chi connectivity index (χ1n) is 9.19. The van der Waals surface area contributed by atoms with Crippen LogP contribution in [0.4, 0.5) is 11.4 Å². The van der Waals surface area contributed by atoms with Crippen molar-refractivity contribution in [3.05, 3.63) is 70.5 Å². The van der Waals surface area contributed by atoms with Gasteiger partial charge in [0.25, 0.3) is 0 Å². The molecule has 1 heterocycles. The maximum atomic E-state index is 5.53. The van der Waals surface area contributed by atoms with Crippen LogP contribution >= 0.6 is 12.2 Å². The maximum Gasteiger partial charge on any atom is 0.175 e. The largest absolute Gasteiger partial charge is 0.495 e. The van der Waals surface area contributed by atoms with Gasteiger partial charge in [0.2, 0.25) is 0 Å². The number of hydrogen-bond donors (Lipinski definition) is 2. The Labute approximate surface area is 171 Å². The molecule has 0 unspecified atom stereocenters. The summed E-state index contributed by atoms with van der Waals surface area (Å²) < 4.78 is 7.41. The first-order valence-corrected chi connectivity index (χ1v) is 9.60. The average Bonchev–Trinajstić information content (AvgIpc) is 2.91. The van der Waals surface area contributed by atoms with Gasteiger partial charge < -0.3 is 15.4 Å². The molecular weight excluding hydrogens is 368 g/mol. The van der Waals surface area contributed by atoms with E-state index in [9.17, 15) is 0 Å². The van der Waals surface area contributed by atoms with E-state index in [1.54, 1.807) is 7.11 Å². The summed E-state index contributed by atoms with van der Waals surface area (Å²) >= 11 is 5.53. The number of ether oxygens (including phenoxy) is 1. The van der Waals surface area contributed by atoms with Crippen LogP contribution in [-0.4, -0.2) is 22.0 Å². The smallest absolute Gasteiger partial charge is 0.175 e. The van der Waals surface area contributed by atoms with Gasteiger partial charge in [-0.3, -0.25) is 4.68 Å². The summed E-state index contributed by atoms with van der Waals surface area (Å²) in [5, 5.41) is 11.7. The highest BCUT2D eigenvalue weighted by atomic mass is 32.1. The van der Waals surface area contributed by atoms with Crippen LogP contribution in [0.15, 0.2) is 42.5 Å². The second kappa shape index (κ2) is 8.44. The minimum atomic E-state index is 0.505. The maximum absolute atomic E-state index is 5.53. The number of aromatic nitrogens is 2. The van der Waals surface area contributed by atoms with E-state index in [1.807, 2.05) is 43.7 Å².